The Labute approximate surface area is 94.4 Å². The van der Waals surface area contributed by atoms with E-state index in [0.717, 1.165) is 23.7 Å². The number of fused-ring (bicyclic) bond motifs is 1. The molecule has 0 saturated carbocycles. The van der Waals surface area contributed by atoms with Crippen LogP contribution >= 0.6 is 0 Å². The molecule has 1 fully saturated rings. The lowest BCUT2D eigenvalue weighted by molar-refractivity contribution is -0.130. The van der Waals surface area contributed by atoms with Gasteiger partial charge >= 0.3 is 6.03 Å². The molecule has 2 rings (SSSR count). The molecule has 1 unspecified atom stereocenters. The molecule has 86 valence electrons. The summed E-state index contributed by atoms with van der Waals surface area (Å²) in [6, 6.07) is -0.437. The van der Waals surface area contributed by atoms with Gasteiger partial charge in [-0.15, -0.1) is 6.58 Å². The summed E-state index contributed by atoms with van der Waals surface area (Å²) in [7, 11) is 1.48. The van der Waals surface area contributed by atoms with Crippen molar-refractivity contribution < 1.29 is 9.59 Å². The largest absolute Gasteiger partial charge is 0.349 e. The van der Waals surface area contributed by atoms with E-state index in [9.17, 15) is 9.59 Å². The summed E-state index contributed by atoms with van der Waals surface area (Å²) in [6.45, 7) is 5.94. The van der Waals surface area contributed by atoms with E-state index in [1.165, 1.54) is 7.05 Å². The molecular weight excluding hydrogens is 206 g/mol. The topological polar surface area (TPSA) is 53.0 Å². The molecule has 3 amide bonds. The van der Waals surface area contributed by atoms with Gasteiger partial charge in [0.25, 0.3) is 0 Å². The smallest absolute Gasteiger partial charge is 0.298 e. The van der Waals surface area contributed by atoms with Gasteiger partial charge < -0.3 is 0 Å². The summed E-state index contributed by atoms with van der Waals surface area (Å²) in [5.74, 6) is -0.375. The number of aliphatic imine (C=N–C) groups is 1. The lowest BCUT2D eigenvalue weighted by atomic mass is 9.93. The van der Waals surface area contributed by atoms with Gasteiger partial charge in [-0.25, -0.2) is 9.79 Å². The highest BCUT2D eigenvalue weighted by Gasteiger charge is 2.38. The van der Waals surface area contributed by atoms with Crippen LogP contribution in [0.5, 0.6) is 0 Å². The molecule has 1 atom stereocenters. The zero-order valence-corrected chi connectivity index (χ0v) is 9.35. The highest BCUT2D eigenvalue weighted by Crippen LogP contribution is 2.21. The number of hydrogen-bond donors (Lipinski definition) is 0. The third-order valence-corrected chi connectivity index (χ3v) is 3.07. The number of carbonyl (C=O) groups excluding carboxylic acids is 2. The Morgan fingerprint density at radius 3 is 3.00 bits per heavy atom. The molecule has 0 aromatic heterocycles. The van der Waals surface area contributed by atoms with Crippen molar-refractivity contribution in [2.45, 2.75) is 6.42 Å². The quantitative estimate of drug-likeness (QED) is 0.639. The average Bonchev–Trinajstić information content (AvgIpc) is 2.28. The molecule has 0 bridgehead atoms. The Morgan fingerprint density at radius 1 is 1.56 bits per heavy atom. The molecule has 5 heteroatoms. The van der Waals surface area contributed by atoms with Crippen molar-refractivity contribution >= 4 is 17.6 Å². The Balaban J connectivity index is 2.18. The summed E-state index contributed by atoms with van der Waals surface area (Å²) >= 11 is 0. The van der Waals surface area contributed by atoms with Gasteiger partial charge in [0.2, 0.25) is 5.91 Å². The summed E-state index contributed by atoms with van der Waals surface area (Å²) in [4.78, 5) is 30.5. The van der Waals surface area contributed by atoms with E-state index in [1.807, 2.05) is 6.08 Å². The third kappa shape index (κ3) is 1.78. The molecule has 2 aliphatic rings. The predicted molar refractivity (Wildman–Crippen MR) is 60.3 cm³/mol. The van der Waals surface area contributed by atoms with Gasteiger partial charge in [-0.2, -0.15) is 0 Å². The van der Waals surface area contributed by atoms with Crippen molar-refractivity contribution in [3.05, 3.63) is 12.7 Å². The summed E-state index contributed by atoms with van der Waals surface area (Å²) in [5.41, 5.74) is 0.744. The Bertz CT molecular complexity index is 375. The maximum Gasteiger partial charge on any atom is 0.349 e. The molecule has 5 nitrogen and oxygen atoms in total. The molecule has 16 heavy (non-hydrogen) atoms. The van der Waals surface area contributed by atoms with Gasteiger partial charge in [0, 0.05) is 32.4 Å². The third-order valence-electron chi connectivity index (χ3n) is 3.07. The fourth-order valence-corrected chi connectivity index (χ4v) is 2.13. The Hall–Kier alpha value is -1.49. The first-order valence-corrected chi connectivity index (χ1v) is 5.35. The summed E-state index contributed by atoms with van der Waals surface area (Å²) in [5, 5.41) is 0. The van der Waals surface area contributed by atoms with Crippen molar-refractivity contribution in [1.82, 2.24) is 9.80 Å². The molecule has 0 aromatic carbocycles. The number of imide groups is 1. The molecule has 0 aromatic rings. The first-order valence-electron chi connectivity index (χ1n) is 5.35. The predicted octanol–water partition coefficient (Wildman–Crippen LogP) is 0.527. The number of urea groups is 1. The minimum atomic E-state index is -0.437. The van der Waals surface area contributed by atoms with Crippen molar-refractivity contribution in [2.75, 3.05) is 26.7 Å². The van der Waals surface area contributed by atoms with Gasteiger partial charge in [0.05, 0.1) is 5.92 Å². The molecule has 0 N–H and O–H groups in total. The van der Waals surface area contributed by atoms with E-state index in [0.29, 0.717) is 13.0 Å². The zero-order chi connectivity index (χ0) is 11.7. The maximum absolute atomic E-state index is 11.9. The zero-order valence-electron chi connectivity index (χ0n) is 9.35. The molecule has 0 spiro atoms. The van der Waals surface area contributed by atoms with Crippen molar-refractivity contribution in [3.63, 3.8) is 0 Å². The minimum absolute atomic E-state index is 0.135. The van der Waals surface area contributed by atoms with Gasteiger partial charge in [-0.1, -0.05) is 6.08 Å². The van der Waals surface area contributed by atoms with E-state index in [2.05, 4.69) is 16.5 Å². The fourth-order valence-electron chi connectivity index (χ4n) is 2.13. The van der Waals surface area contributed by atoms with Crippen LogP contribution in [0.2, 0.25) is 0 Å². The van der Waals surface area contributed by atoms with Gasteiger partial charge in [0.15, 0.2) is 0 Å². The number of piperidine rings is 1. The molecule has 1 saturated heterocycles. The van der Waals surface area contributed by atoms with E-state index in [4.69, 9.17) is 0 Å². The normalized spacial score (nSPS) is 26.4. The number of nitrogens with zero attached hydrogens (tertiary/aromatic N) is 3. The number of rotatable bonds is 2. The second-order valence-corrected chi connectivity index (χ2v) is 4.13. The number of carbonyl (C=O) groups is 2. The van der Waals surface area contributed by atoms with Gasteiger partial charge in [-0.3, -0.25) is 14.6 Å². The molecule has 0 radical (unpaired) electrons. The Morgan fingerprint density at radius 2 is 2.31 bits per heavy atom. The van der Waals surface area contributed by atoms with E-state index in [-0.39, 0.29) is 11.8 Å². The van der Waals surface area contributed by atoms with Crippen LogP contribution in [0.4, 0.5) is 4.79 Å². The van der Waals surface area contributed by atoms with Crippen LogP contribution in [0.15, 0.2) is 17.6 Å². The summed E-state index contributed by atoms with van der Waals surface area (Å²) < 4.78 is 0. The number of amides is 3. The second kappa shape index (κ2) is 4.17. The monoisotopic (exact) mass is 221 g/mol. The highest BCUT2D eigenvalue weighted by molar-refractivity contribution is 6.16. The van der Waals surface area contributed by atoms with E-state index >= 15 is 0 Å². The van der Waals surface area contributed by atoms with Crippen LogP contribution in [-0.2, 0) is 4.79 Å². The first kappa shape index (κ1) is 11.0. The standard InChI is InChI=1S/C11H15N3O2/c1-3-5-14-6-4-9-8(7-14)10(15)13(2)11(16)12-9/h3,8H,1,4-7H2,2H3. The number of likely N-dealkylation sites (tertiary alicyclic amines) is 1. The van der Waals surface area contributed by atoms with Crippen LogP contribution in [0.3, 0.4) is 0 Å². The lowest BCUT2D eigenvalue weighted by Crippen LogP contribution is -2.52. The van der Waals surface area contributed by atoms with Crippen LogP contribution in [0.1, 0.15) is 6.42 Å². The van der Waals surface area contributed by atoms with Crippen LogP contribution in [0.25, 0.3) is 0 Å². The summed E-state index contributed by atoms with van der Waals surface area (Å²) in [6.07, 6.45) is 2.52. The molecular formula is C11H15N3O2. The van der Waals surface area contributed by atoms with Crippen LogP contribution in [-0.4, -0.2) is 54.1 Å². The second-order valence-electron chi connectivity index (χ2n) is 4.13. The van der Waals surface area contributed by atoms with E-state index < -0.39 is 6.03 Å². The average molecular weight is 221 g/mol. The molecule has 2 heterocycles. The SMILES string of the molecule is C=CCN1CCC2=NC(=O)N(C)C(=O)C2C1. The van der Waals surface area contributed by atoms with Gasteiger partial charge in [0.1, 0.15) is 0 Å². The van der Waals surface area contributed by atoms with Gasteiger partial charge in [-0.05, 0) is 6.42 Å². The van der Waals surface area contributed by atoms with Crippen molar-refractivity contribution in [3.8, 4) is 0 Å². The fraction of sp³-hybridized carbons (Fsp3) is 0.545. The number of hydrogen-bond acceptors (Lipinski definition) is 3. The van der Waals surface area contributed by atoms with Crippen molar-refractivity contribution in [2.24, 2.45) is 10.9 Å². The van der Waals surface area contributed by atoms with Crippen LogP contribution < -0.4 is 0 Å². The lowest BCUT2D eigenvalue weighted by Gasteiger charge is -2.36. The molecule has 0 aliphatic carbocycles. The van der Waals surface area contributed by atoms with Crippen LogP contribution in [0, 0.1) is 5.92 Å². The van der Waals surface area contributed by atoms with Crippen molar-refractivity contribution in [1.29, 1.82) is 0 Å². The minimum Gasteiger partial charge on any atom is -0.298 e. The first-order chi connectivity index (χ1) is 7.63. The maximum atomic E-state index is 11.9. The van der Waals surface area contributed by atoms with E-state index in [1.54, 1.807) is 0 Å². The molecule has 2 aliphatic heterocycles. The highest BCUT2D eigenvalue weighted by atomic mass is 16.2. The Kier molecular flexibility index (Phi) is 2.87.